The number of ether oxygens (including phenoxy) is 3. The quantitative estimate of drug-likeness (QED) is 0.612. The lowest BCUT2D eigenvalue weighted by Gasteiger charge is -2.22. The topological polar surface area (TPSA) is 77.1 Å². The third-order valence-electron chi connectivity index (χ3n) is 5.47. The normalized spacial score (nSPS) is 15.2. The second kappa shape index (κ2) is 9.65. The van der Waals surface area contributed by atoms with Gasteiger partial charge in [-0.3, -0.25) is 9.59 Å². The molecule has 0 fully saturated rings. The zero-order valence-corrected chi connectivity index (χ0v) is 18.8. The minimum atomic E-state index is -0.598. The Morgan fingerprint density at radius 2 is 1.73 bits per heavy atom. The van der Waals surface area contributed by atoms with Gasteiger partial charge in [0.1, 0.15) is 17.2 Å². The Balaban J connectivity index is 1.57. The van der Waals surface area contributed by atoms with Gasteiger partial charge in [0.15, 0.2) is 6.10 Å². The smallest absolute Gasteiger partial charge is 0.263 e. The lowest BCUT2D eigenvalue weighted by Crippen LogP contribution is -2.37. The van der Waals surface area contributed by atoms with Crippen LogP contribution in [0.5, 0.6) is 17.2 Å². The molecule has 7 heteroatoms. The number of anilines is 1. The molecule has 33 heavy (non-hydrogen) atoms. The summed E-state index contributed by atoms with van der Waals surface area (Å²) in [6.45, 7) is 2.61. The molecule has 3 aromatic carbocycles. The van der Waals surface area contributed by atoms with Gasteiger partial charge in [-0.2, -0.15) is 0 Å². The van der Waals surface area contributed by atoms with Crippen LogP contribution in [0, 0.1) is 0 Å². The highest BCUT2D eigenvalue weighted by Gasteiger charge is 2.28. The number of carbonyl (C=O) groups excluding carboxylic acids is 2. The van der Waals surface area contributed by atoms with Crippen LogP contribution in [0.3, 0.4) is 0 Å². The number of fused-ring (bicyclic) bond motifs is 1. The Bertz CT molecular complexity index is 1140. The van der Waals surface area contributed by atoms with Crippen molar-refractivity contribution < 1.29 is 23.8 Å². The highest BCUT2D eigenvalue weighted by Crippen LogP contribution is 2.30. The van der Waals surface area contributed by atoms with E-state index in [-0.39, 0.29) is 11.8 Å². The first kappa shape index (κ1) is 22.2. The Morgan fingerprint density at radius 1 is 1.03 bits per heavy atom. The van der Waals surface area contributed by atoms with Crippen molar-refractivity contribution in [2.75, 3.05) is 19.5 Å². The van der Waals surface area contributed by atoms with Gasteiger partial charge < -0.3 is 24.4 Å². The molecule has 1 heterocycles. The first-order valence-electron chi connectivity index (χ1n) is 10.6. The van der Waals surface area contributed by atoms with Crippen LogP contribution in [0.2, 0.25) is 0 Å². The van der Waals surface area contributed by atoms with E-state index in [9.17, 15) is 9.59 Å². The summed E-state index contributed by atoms with van der Waals surface area (Å²) in [6.07, 6.45) is -0.598. The van der Waals surface area contributed by atoms with E-state index in [1.54, 1.807) is 42.2 Å². The van der Waals surface area contributed by atoms with Crippen molar-refractivity contribution in [1.82, 2.24) is 4.90 Å². The second-order valence-corrected chi connectivity index (χ2v) is 7.82. The van der Waals surface area contributed by atoms with Gasteiger partial charge in [-0.05, 0) is 42.8 Å². The van der Waals surface area contributed by atoms with Crippen molar-refractivity contribution in [2.24, 2.45) is 0 Å². The number of rotatable bonds is 6. The molecule has 170 valence electrons. The molecular formula is C26H26N2O5. The Kier molecular flexibility index (Phi) is 6.49. The van der Waals surface area contributed by atoms with Crippen molar-refractivity contribution in [3.8, 4) is 17.2 Å². The van der Waals surface area contributed by atoms with E-state index in [4.69, 9.17) is 14.2 Å². The molecule has 1 atom stereocenters. The number of amides is 2. The van der Waals surface area contributed by atoms with Gasteiger partial charge in [0.25, 0.3) is 11.8 Å². The average Bonchev–Trinajstić information content (AvgIpc) is 2.95. The monoisotopic (exact) mass is 446 g/mol. The van der Waals surface area contributed by atoms with E-state index in [2.05, 4.69) is 5.32 Å². The fourth-order valence-electron chi connectivity index (χ4n) is 3.76. The molecule has 0 saturated heterocycles. The van der Waals surface area contributed by atoms with Crippen LogP contribution in [0.25, 0.3) is 0 Å². The van der Waals surface area contributed by atoms with Gasteiger partial charge >= 0.3 is 0 Å². The maximum Gasteiger partial charge on any atom is 0.263 e. The Labute approximate surface area is 192 Å². The summed E-state index contributed by atoms with van der Waals surface area (Å²) < 4.78 is 16.4. The highest BCUT2D eigenvalue weighted by atomic mass is 16.5. The number of hydrogen-bond donors (Lipinski definition) is 1. The van der Waals surface area contributed by atoms with Crippen molar-refractivity contribution in [3.05, 3.63) is 83.4 Å². The van der Waals surface area contributed by atoms with Gasteiger partial charge in [-0.15, -0.1) is 0 Å². The minimum absolute atomic E-state index is 0.0795. The highest BCUT2D eigenvalue weighted by molar-refractivity contribution is 6.05. The van der Waals surface area contributed by atoms with Gasteiger partial charge in [0.05, 0.1) is 14.2 Å². The molecule has 0 aliphatic carbocycles. The fraction of sp³-hybridized carbons (Fsp3) is 0.231. The molecule has 0 saturated carbocycles. The third kappa shape index (κ3) is 5.09. The van der Waals surface area contributed by atoms with Crippen LogP contribution in [-0.4, -0.2) is 37.0 Å². The molecule has 0 spiro atoms. The fourth-order valence-corrected chi connectivity index (χ4v) is 3.76. The summed E-state index contributed by atoms with van der Waals surface area (Å²) >= 11 is 0. The molecule has 1 aliphatic heterocycles. The summed E-state index contributed by atoms with van der Waals surface area (Å²) in [7, 11) is 3.07. The molecular weight excluding hydrogens is 420 g/mol. The SMILES string of the molecule is COc1cc(OC)cc(C(=O)Nc2ccc3c(c2)CN(Cc2ccccc2)C(=O)C(C)O3)c1. The maximum atomic E-state index is 12.9. The minimum Gasteiger partial charge on any atom is -0.497 e. The number of nitrogens with zero attached hydrogens (tertiary/aromatic N) is 1. The Morgan fingerprint density at radius 3 is 2.39 bits per heavy atom. The van der Waals surface area contributed by atoms with E-state index in [0.29, 0.717) is 41.6 Å². The molecule has 0 bridgehead atoms. The van der Waals surface area contributed by atoms with Crippen LogP contribution in [0.1, 0.15) is 28.4 Å². The number of benzene rings is 3. The van der Waals surface area contributed by atoms with Gasteiger partial charge in [0, 0.05) is 36.0 Å². The summed E-state index contributed by atoms with van der Waals surface area (Å²) in [5, 5.41) is 2.91. The third-order valence-corrected chi connectivity index (χ3v) is 5.47. The number of methoxy groups -OCH3 is 2. The van der Waals surface area contributed by atoms with Crippen LogP contribution in [0.4, 0.5) is 5.69 Å². The van der Waals surface area contributed by atoms with Crippen LogP contribution >= 0.6 is 0 Å². The zero-order chi connectivity index (χ0) is 23.4. The number of nitrogens with one attached hydrogen (secondary N) is 1. The maximum absolute atomic E-state index is 12.9. The summed E-state index contributed by atoms with van der Waals surface area (Å²) in [5.41, 5.74) is 2.88. The van der Waals surface area contributed by atoms with Gasteiger partial charge in [-0.1, -0.05) is 30.3 Å². The molecule has 4 rings (SSSR count). The Hall–Kier alpha value is -4.00. The van der Waals surface area contributed by atoms with Crippen LogP contribution < -0.4 is 19.5 Å². The lowest BCUT2D eigenvalue weighted by molar-refractivity contribution is -0.138. The molecule has 1 aliphatic rings. The molecule has 0 radical (unpaired) electrons. The van der Waals surface area contributed by atoms with E-state index in [0.717, 1.165) is 11.1 Å². The largest absolute Gasteiger partial charge is 0.497 e. The standard InChI is InChI=1S/C26H26N2O5/c1-17-26(30)28(15-18-7-5-4-6-8-18)16-20-11-21(9-10-24(20)33-17)27-25(29)19-12-22(31-2)14-23(13-19)32-3/h4-14,17H,15-16H2,1-3H3,(H,27,29). The summed E-state index contributed by atoms with van der Waals surface area (Å²) in [6, 6.07) is 20.2. The molecule has 7 nitrogen and oxygen atoms in total. The lowest BCUT2D eigenvalue weighted by atomic mass is 10.1. The first-order chi connectivity index (χ1) is 16.0. The van der Waals surface area contributed by atoms with E-state index in [1.807, 2.05) is 36.4 Å². The average molecular weight is 447 g/mol. The van der Waals surface area contributed by atoms with Crippen molar-refractivity contribution in [1.29, 1.82) is 0 Å². The van der Waals surface area contributed by atoms with E-state index >= 15 is 0 Å². The van der Waals surface area contributed by atoms with Crippen LogP contribution in [0.15, 0.2) is 66.7 Å². The molecule has 0 aromatic heterocycles. The number of carbonyl (C=O) groups is 2. The molecule has 2 amide bonds. The summed E-state index contributed by atoms with van der Waals surface area (Å²) in [4.78, 5) is 27.5. The zero-order valence-electron chi connectivity index (χ0n) is 18.8. The molecule has 1 N–H and O–H groups in total. The van der Waals surface area contributed by atoms with Crippen LogP contribution in [-0.2, 0) is 17.9 Å². The number of hydrogen-bond acceptors (Lipinski definition) is 5. The second-order valence-electron chi connectivity index (χ2n) is 7.82. The van der Waals surface area contributed by atoms with Crippen molar-refractivity contribution in [3.63, 3.8) is 0 Å². The van der Waals surface area contributed by atoms with Crippen molar-refractivity contribution >= 4 is 17.5 Å². The predicted molar refractivity (Wildman–Crippen MR) is 125 cm³/mol. The van der Waals surface area contributed by atoms with E-state index < -0.39 is 6.10 Å². The van der Waals surface area contributed by atoms with Gasteiger partial charge in [0.2, 0.25) is 0 Å². The molecule has 1 unspecified atom stereocenters. The van der Waals surface area contributed by atoms with E-state index in [1.165, 1.54) is 14.2 Å². The predicted octanol–water partition coefficient (Wildman–Crippen LogP) is 4.27. The van der Waals surface area contributed by atoms with Gasteiger partial charge in [-0.25, -0.2) is 0 Å². The first-order valence-corrected chi connectivity index (χ1v) is 10.6. The molecule has 3 aromatic rings. The summed E-state index contributed by atoms with van der Waals surface area (Å²) in [5.74, 6) is 1.31. The van der Waals surface area contributed by atoms with Crippen molar-refractivity contribution in [2.45, 2.75) is 26.1 Å².